The number of carbonyl (C=O) groups excluding carboxylic acids is 1. The molecule has 2 unspecified atom stereocenters. The lowest BCUT2D eigenvalue weighted by Crippen LogP contribution is -2.55. The number of rotatable bonds is 4. The molecule has 2 rings (SSSR count). The van der Waals surface area contributed by atoms with Gasteiger partial charge < -0.3 is 14.8 Å². The van der Waals surface area contributed by atoms with E-state index in [2.05, 4.69) is 5.32 Å². The van der Waals surface area contributed by atoms with E-state index in [4.69, 9.17) is 21.1 Å². The number of halogens is 1. The van der Waals surface area contributed by atoms with E-state index in [9.17, 15) is 4.79 Å². The van der Waals surface area contributed by atoms with Crippen LogP contribution >= 0.6 is 11.6 Å². The molecule has 0 saturated carbocycles. The normalized spacial score (nSPS) is 29.0. The van der Waals surface area contributed by atoms with Gasteiger partial charge in [-0.25, -0.2) is 4.79 Å². The number of hydrogen-bond acceptors (Lipinski definition) is 4. The summed E-state index contributed by atoms with van der Waals surface area (Å²) < 4.78 is 11.1. The Balaban J connectivity index is 2.29. The molecule has 0 spiro atoms. The monoisotopic (exact) mass is 311 g/mol. The Hall–Kier alpha value is -1.26. The predicted molar refractivity (Wildman–Crippen MR) is 83.7 cm³/mol. The number of anilines is 1. The van der Waals surface area contributed by atoms with Crippen molar-refractivity contribution in [3.63, 3.8) is 0 Å². The molecule has 1 aliphatic heterocycles. The predicted octanol–water partition coefficient (Wildman–Crippen LogP) is 3.64. The molecular weight excluding hydrogens is 290 g/mol. The molecule has 1 saturated heterocycles. The average molecular weight is 312 g/mol. The van der Waals surface area contributed by atoms with Gasteiger partial charge in [0.2, 0.25) is 0 Å². The summed E-state index contributed by atoms with van der Waals surface area (Å²) in [4.78, 5) is 12.5. The number of hydrogen-bond donors (Lipinski definition) is 1. The third kappa shape index (κ3) is 3.89. The average Bonchev–Trinajstić information content (AvgIpc) is 2.37. The fourth-order valence-corrected chi connectivity index (χ4v) is 3.18. The number of esters is 1. The highest BCUT2D eigenvalue weighted by atomic mass is 35.5. The van der Waals surface area contributed by atoms with E-state index in [1.54, 1.807) is 6.07 Å². The van der Waals surface area contributed by atoms with Crippen LogP contribution in [0.25, 0.3) is 0 Å². The van der Waals surface area contributed by atoms with Crippen molar-refractivity contribution in [1.82, 2.24) is 0 Å². The minimum absolute atomic E-state index is 0.00941. The van der Waals surface area contributed by atoms with Gasteiger partial charge >= 0.3 is 5.97 Å². The van der Waals surface area contributed by atoms with E-state index in [1.807, 2.05) is 39.0 Å². The highest BCUT2D eigenvalue weighted by molar-refractivity contribution is 6.30. The van der Waals surface area contributed by atoms with E-state index >= 15 is 0 Å². The van der Waals surface area contributed by atoms with Gasteiger partial charge in [-0.1, -0.05) is 17.7 Å². The van der Waals surface area contributed by atoms with Gasteiger partial charge in [-0.2, -0.15) is 0 Å². The summed E-state index contributed by atoms with van der Waals surface area (Å²) >= 11 is 6.03. The van der Waals surface area contributed by atoms with Crippen LogP contribution < -0.4 is 5.32 Å². The Labute approximate surface area is 130 Å². The zero-order valence-electron chi connectivity index (χ0n) is 12.7. The molecule has 21 heavy (non-hydrogen) atoms. The molecule has 0 radical (unpaired) electrons. The van der Waals surface area contributed by atoms with E-state index in [1.165, 1.54) is 0 Å². The van der Waals surface area contributed by atoms with Crippen LogP contribution in [0.15, 0.2) is 24.3 Å². The van der Waals surface area contributed by atoms with Gasteiger partial charge in [0.1, 0.15) is 5.54 Å². The van der Waals surface area contributed by atoms with Gasteiger partial charge in [-0.05, 0) is 39.0 Å². The molecular formula is C16H22ClNO3. The van der Waals surface area contributed by atoms with Crippen molar-refractivity contribution in [2.45, 2.75) is 51.4 Å². The Bertz CT molecular complexity index is 496. The molecule has 0 aliphatic carbocycles. The van der Waals surface area contributed by atoms with Gasteiger partial charge in [0.15, 0.2) is 0 Å². The van der Waals surface area contributed by atoms with Crippen molar-refractivity contribution in [2.75, 3.05) is 11.9 Å². The van der Waals surface area contributed by atoms with Crippen LogP contribution in [0.2, 0.25) is 5.02 Å². The number of carbonyl (C=O) groups is 1. The van der Waals surface area contributed by atoms with Crippen LogP contribution in [-0.2, 0) is 14.3 Å². The van der Waals surface area contributed by atoms with Crippen molar-refractivity contribution in [1.29, 1.82) is 0 Å². The molecule has 1 N–H and O–H groups in total. The summed E-state index contributed by atoms with van der Waals surface area (Å²) in [6, 6.07) is 7.37. The first kappa shape index (κ1) is 16.1. The van der Waals surface area contributed by atoms with Gasteiger partial charge in [-0.3, -0.25) is 0 Å². The Morgan fingerprint density at radius 2 is 2.10 bits per heavy atom. The molecule has 0 aromatic heterocycles. The molecule has 116 valence electrons. The smallest absolute Gasteiger partial charge is 0.331 e. The molecule has 1 fully saturated rings. The van der Waals surface area contributed by atoms with Gasteiger partial charge in [0.25, 0.3) is 0 Å². The summed E-state index contributed by atoms with van der Waals surface area (Å²) in [5.74, 6) is -0.230. The van der Waals surface area contributed by atoms with Crippen molar-refractivity contribution in [3.05, 3.63) is 29.3 Å². The minimum atomic E-state index is -0.766. The van der Waals surface area contributed by atoms with Crippen LogP contribution in [0.3, 0.4) is 0 Å². The van der Waals surface area contributed by atoms with Gasteiger partial charge in [0, 0.05) is 23.6 Å². The first-order valence-electron chi connectivity index (χ1n) is 7.31. The van der Waals surface area contributed by atoms with Crippen LogP contribution in [-0.4, -0.2) is 30.3 Å². The Morgan fingerprint density at radius 3 is 2.67 bits per heavy atom. The fraction of sp³-hybridized carbons (Fsp3) is 0.562. The van der Waals surface area contributed by atoms with Gasteiger partial charge in [0.05, 0.1) is 18.8 Å². The minimum Gasteiger partial charge on any atom is -0.464 e. The summed E-state index contributed by atoms with van der Waals surface area (Å²) in [5.41, 5.74) is 0.0504. The van der Waals surface area contributed by atoms with Crippen molar-refractivity contribution >= 4 is 23.3 Å². The molecule has 0 bridgehead atoms. The van der Waals surface area contributed by atoms with Crippen molar-refractivity contribution in [3.8, 4) is 0 Å². The summed E-state index contributed by atoms with van der Waals surface area (Å²) in [6.07, 6.45) is 1.13. The zero-order chi connectivity index (χ0) is 15.5. The lowest BCUT2D eigenvalue weighted by Gasteiger charge is -2.42. The fourth-order valence-electron chi connectivity index (χ4n) is 2.99. The number of benzene rings is 1. The lowest BCUT2D eigenvalue weighted by molar-refractivity contribution is -0.157. The largest absolute Gasteiger partial charge is 0.464 e. The lowest BCUT2D eigenvalue weighted by atomic mass is 9.83. The summed E-state index contributed by atoms with van der Waals surface area (Å²) in [5, 5.41) is 3.97. The van der Waals surface area contributed by atoms with Crippen molar-refractivity contribution in [2.24, 2.45) is 0 Å². The molecule has 1 aromatic carbocycles. The second-order valence-electron chi connectivity index (χ2n) is 5.60. The molecule has 1 aromatic rings. The van der Waals surface area contributed by atoms with Crippen LogP contribution in [0, 0.1) is 0 Å². The highest BCUT2D eigenvalue weighted by Gasteiger charge is 2.46. The summed E-state index contributed by atoms with van der Waals surface area (Å²) in [7, 11) is 0. The third-order valence-corrected chi connectivity index (χ3v) is 3.85. The summed E-state index contributed by atoms with van der Waals surface area (Å²) in [6.45, 7) is 6.13. The van der Waals surface area contributed by atoms with E-state index < -0.39 is 5.54 Å². The zero-order valence-corrected chi connectivity index (χ0v) is 13.4. The van der Waals surface area contributed by atoms with Crippen LogP contribution in [0.4, 0.5) is 5.69 Å². The highest BCUT2D eigenvalue weighted by Crippen LogP contribution is 2.34. The SMILES string of the molecule is CCOC(=O)C1(Nc2cccc(Cl)c2)CC(C)OC(C)C1. The standard InChI is InChI=1S/C16H22ClNO3/c1-4-20-15(19)16(9-11(2)21-12(3)10-16)18-14-7-5-6-13(17)8-14/h5-8,11-12,18H,4,9-10H2,1-3H3. The Morgan fingerprint density at radius 1 is 1.43 bits per heavy atom. The quantitative estimate of drug-likeness (QED) is 0.862. The topological polar surface area (TPSA) is 47.6 Å². The van der Waals surface area contributed by atoms with Gasteiger partial charge in [-0.15, -0.1) is 0 Å². The second kappa shape index (κ2) is 6.67. The maximum Gasteiger partial charge on any atom is 0.331 e. The first-order valence-corrected chi connectivity index (χ1v) is 7.69. The van der Waals surface area contributed by atoms with Crippen molar-refractivity contribution < 1.29 is 14.3 Å². The van der Waals surface area contributed by atoms with E-state index in [-0.39, 0.29) is 18.2 Å². The molecule has 1 aliphatic rings. The molecule has 1 heterocycles. The van der Waals surface area contributed by atoms with E-state index in [0.717, 1.165) is 5.69 Å². The maximum atomic E-state index is 12.5. The number of nitrogens with one attached hydrogen (secondary N) is 1. The van der Waals surface area contributed by atoms with Crippen LogP contribution in [0.1, 0.15) is 33.6 Å². The molecule has 5 heteroatoms. The first-order chi connectivity index (χ1) is 9.95. The second-order valence-corrected chi connectivity index (χ2v) is 6.04. The number of ether oxygens (including phenoxy) is 2. The maximum absolute atomic E-state index is 12.5. The van der Waals surface area contributed by atoms with E-state index in [0.29, 0.717) is 24.5 Å². The molecule has 2 atom stereocenters. The molecule has 0 amide bonds. The third-order valence-electron chi connectivity index (χ3n) is 3.61. The molecule has 4 nitrogen and oxygen atoms in total. The Kier molecular flexibility index (Phi) is 5.12. The van der Waals surface area contributed by atoms with Crippen LogP contribution in [0.5, 0.6) is 0 Å².